The Morgan fingerprint density at radius 1 is 1.07 bits per heavy atom. The minimum atomic E-state index is -4.66. The lowest BCUT2D eigenvalue weighted by atomic mass is 10.4. The van der Waals surface area contributed by atoms with Crippen LogP contribution in [0.1, 0.15) is 0 Å². The van der Waals surface area contributed by atoms with Gasteiger partial charge >= 0.3 is 0 Å². The third-order valence-electron chi connectivity index (χ3n) is 1.45. The van der Waals surface area contributed by atoms with Crippen LogP contribution in [0.4, 0.5) is 0 Å². The molecule has 0 bridgehead atoms. The van der Waals surface area contributed by atoms with Crippen LogP contribution in [0.2, 0.25) is 5.02 Å². The molecule has 84 valence electrons. The van der Waals surface area contributed by atoms with Gasteiger partial charge in [0.1, 0.15) is 9.79 Å². The SMILES string of the molecule is O=S(=O)(O)c1ccc(Cl)cc1S(=O)(=O)Cl. The summed E-state index contributed by atoms with van der Waals surface area (Å²) in [6.45, 7) is 0. The van der Waals surface area contributed by atoms with Gasteiger partial charge in [0.15, 0.2) is 0 Å². The lowest BCUT2D eigenvalue weighted by Crippen LogP contribution is -2.05. The number of halogens is 2. The van der Waals surface area contributed by atoms with Gasteiger partial charge in [-0.05, 0) is 18.2 Å². The topological polar surface area (TPSA) is 88.5 Å². The summed E-state index contributed by atoms with van der Waals surface area (Å²) >= 11 is 5.47. The number of hydrogen-bond donors (Lipinski definition) is 1. The molecule has 0 unspecified atom stereocenters. The number of benzene rings is 1. The third-order valence-corrected chi connectivity index (χ3v) is 4.08. The fourth-order valence-corrected chi connectivity index (χ4v) is 3.42. The predicted octanol–water partition coefficient (Wildman–Crippen LogP) is 1.51. The predicted molar refractivity (Wildman–Crippen MR) is 54.3 cm³/mol. The van der Waals surface area contributed by atoms with E-state index in [4.69, 9.17) is 26.8 Å². The van der Waals surface area contributed by atoms with Crippen LogP contribution >= 0.6 is 22.3 Å². The minimum Gasteiger partial charge on any atom is -0.282 e. The summed E-state index contributed by atoms with van der Waals surface area (Å²) in [4.78, 5) is -1.55. The first kappa shape index (κ1) is 12.7. The second-order valence-corrected chi connectivity index (χ2v) is 6.86. The molecule has 0 amide bonds. The molecule has 0 aromatic heterocycles. The van der Waals surface area contributed by atoms with Gasteiger partial charge in [0.05, 0.1) is 0 Å². The van der Waals surface area contributed by atoms with Crippen LogP contribution in [0.15, 0.2) is 28.0 Å². The van der Waals surface area contributed by atoms with Crippen molar-refractivity contribution in [1.82, 2.24) is 0 Å². The quantitative estimate of drug-likeness (QED) is 0.659. The largest absolute Gasteiger partial charge is 0.295 e. The van der Waals surface area contributed by atoms with Crippen LogP contribution < -0.4 is 0 Å². The van der Waals surface area contributed by atoms with E-state index in [1.165, 1.54) is 0 Å². The Morgan fingerprint density at radius 2 is 1.60 bits per heavy atom. The zero-order valence-corrected chi connectivity index (χ0v) is 10.0. The summed E-state index contributed by atoms with van der Waals surface area (Å²) in [5, 5.41) is -0.0124. The van der Waals surface area contributed by atoms with Gasteiger partial charge in [-0.3, -0.25) is 4.55 Å². The second kappa shape index (κ2) is 3.91. The van der Waals surface area contributed by atoms with Crippen LogP contribution in [-0.4, -0.2) is 21.4 Å². The van der Waals surface area contributed by atoms with E-state index in [9.17, 15) is 16.8 Å². The smallest absolute Gasteiger partial charge is 0.282 e. The molecule has 0 aliphatic heterocycles. The van der Waals surface area contributed by atoms with Gasteiger partial charge in [-0.2, -0.15) is 8.42 Å². The lowest BCUT2D eigenvalue weighted by molar-refractivity contribution is 0.480. The monoisotopic (exact) mass is 290 g/mol. The summed E-state index contributed by atoms with van der Waals surface area (Å²) in [6, 6.07) is 2.82. The molecule has 0 spiro atoms. The van der Waals surface area contributed by atoms with Crippen molar-refractivity contribution in [3.63, 3.8) is 0 Å². The van der Waals surface area contributed by atoms with E-state index >= 15 is 0 Å². The summed E-state index contributed by atoms with van der Waals surface area (Å²) < 4.78 is 52.3. The normalized spacial score (nSPS) is 12.7. The second-order valence-electron chi connectivity index (χ2n) is 2.50. The number of rotatable bonds is 2. The summed E-state index contributed by atoms with van der Waals surface area (Å²) in [5.41, 5.74) is 0. The molecular formula is C6H4Cl2O5S2. The van der Waals surface area contributed by atoms with Gasteiger partial charge < -0.3 is 0 Å². The Morgan fingerprint density at radius 3 is 2.00 bits per heavy atom. The van der Waals surface area contributed by atoms with Crippen LogP contribution in [0.25, 0.3) is 0 Å². The fraction of sp³-hybridized carbons (Fsp3) is 0. The van der Waals surface area contributed by atoms with Crippen molar-refractivity contribution in [2.75, 3.05) is 0 Å². The van der Waals surface area contributed by atoms with Crippen molar-refractivity contribution >= 4 is 41.5 Å². The van der Waals surface area contributed by atoms with Gasteiger partial charge in [-0.1, -0.05) is 11.6 Å². The Bertz CT molecular complexity index is 590. The first-order valence-corrected chi connectivity index (χ1v) is 7.47. The van der Waals surface area contributed by atoms with Gasteiger partial charge in [0, 0.05) is 15.7 Å². The molecule has 5 nitrogen and oxygen atoms in total. The van der Waals surface area contributed by atoms with Crippen molar-refractivity contribution in [3.8, 4) is 0 Å². The Labute approximate surface area is 95.8 Å². The van der Waals surface area contributed by atoms with E-state index in [0.717, 1.165) is 18.2 Å². The maximum Gasteiger partial charge on any atom is 0.295 e. The summed E-state index contributed by atoms with van der Waals surface area (Å²) in [5.74, 6) is 0. The van der Waals surface area contributed by atoms with Crippen molar-refractivity contribution in [2.24, 2.45) is 0 Å². The molecule has 15 heavy (non-hydrogen) atoms. The minimum absolute atomic E-state index is 0.0124. The molecule has 9 heteroatoms. The number of hydrogen-bond acceptors (Lipinski definition) is 4. The molecule has 0 fully saturated rings. The molecule has 0 radical (unpaired) electrons. The maximum absolute atomic E-state index is 11.0. The first-order chi connectivity index (χ1) is 6.62. The Kier molecular flexibility index (Phi) is 3.32. The van der Waals surface area contributed by atoms with E-state index < -0.39 is 29.0 Å². The lowest BCUT2D eigenvalue weighted by Gasteiger charge is -2.03. The van der Waals surface area contributed by atoms with E-state index in [1.807, 2.05) is 0 Å². The highest BCUT2D eigenvalue weighted by Crippen LogP contribution is 2.27. The van der Waals surface area contributed by atoms with Crippen molar-refractivity contribution in [2.45, 2.75) is 9.79 Å². The molecule has 0 atom stereocenters. The Balaban J connectivity index is 3.71. The molecule has 1 rings (SSSR count). The highest BCUT2D eigenvalue weighted by atomic mass is 35.7. The highest BCUT2D eigenvalue weighted by molar-refractivity contribution is 8.14. The molecule has 0 aliphatic carbocycles. The van der Waals surface area contributed by atoms with Crippen LogP contribution in [-0.2, 0) is 19.2 Å². The molecular weight excluding hydrogens is 287 g/mol. The van der Waals surface area contributed by atoms with E-state index in [0.29, 0.717) is 0 Å². The molecule has 1 aromatic rings. The van der Waals surface area contributed by atoms with Gasteiger partial charge in [-0.15, -0.1) is 0 Å². The van der Waals surface area contributed by atoms with Gasteiger partial charge in [0.25, 0.3) is 19.2 Å². The van der Waals surface area contributed by atoms with Crippen LogP contribution in [0.5, 0.6) is 0 Å². The molecule has 1 N–H and O–H groups in total. The standard InChI is InChI=1S/C6H4Cl2O5S2/c7-4-1-2-5(15(11,12)13)6(3-4)14(8,9)10/h1-3H,(H,11,12,13). The highest BCUT2D eigenvalue weighted by Gasteiger charge is 2.23. The van der Waals surface area contributed by atoms with Crippen molar-refractivity contribution < 1.29 is 21.4 Å². The zero-order chi connectivity index (χ0) is 11.9. The average Bonchev–Trinajstić information content (AvgIpc) is 2.00. The molecule has 0 saturated carbocycles. The van der Waals surface area contributed by atoms with E-state index in [1.54, 1.807) is 0 Å². The van der Waals surface area contributed by atoms with E-state index in [-0.39, 0.29) is 5.02 Å². The van der Waals surface area contributed by atoms with Crippen LogP contribution in [0.3, 0.4) is 0 Å². The summed E-state index contributed by atoms with van der Waals surface area (Å²) in [7, 11) is -3.97. The van der Waals surface area contributed by atoms with E-state index in [2.05, 4.69) is 0 Å². The molecule has 0 heterocycles. The average molecular weight is 291 g/mol. The first-order valence-electron chi connectivity index (χ1n) is 3.34. The maximum atomic E-state index is 11.0. The third kappa shape index (κ3) is 3.05. The molecule has 0 saturated heterocycles. The van der Waals surface area contributed by atoms with Gasteiger partial charge in [-0.25, -0.2) is 8.42 Å². The van der Waals surface area contributed by atoms with Crippen molar-refractivity contribution in [1.29, 1.82) is 0 Å². The van der Waals surface area contributed by atoms with Crippen LogP contribution in [0, 0.1) is 0 Å². The van der Waals surface area contributed by atoms with Crippen molar-refractivity contribution in [3.05, 3.63) is 23.2 Å². The Hall–Kier alpha value is -0.340. The molecule has 0 aliphatic rings. The van der Waals surface area contributed by atoms with Gasteiger partial charge in [0.2, 0.25) is 0 Å². The summed E-state index contributed by atoms with van der Waals surface area (Å²) in [6.07, 6.45) is 0. The zero-order valence-electron chi connectivity index (χ0n) is 6.88. The fourth-order valence-electron chi connectivity index (χ4n) is 0.886. The molecule has 1 aromatic carbocycles.